The Kier molecular flexibility index (Phi) is 9.79. The highest BCUT2D eigenvalue weighted by atomic mass is 32.2. The SMILES string of the molecule is CC(C)c1noc(N2CCC(COc3ccc(-c4ccc(SN(C)CCN5CCOCC5)cc4)cc3)CC2)n1. The average molecular weight is 552 g/mol. The molecule has 0 amide bonds. The number of likely N-dealkylation sites (N-methyl/N-ethyl adjacent to an activating group) is 1. The summed E-state index contributed by atoms with van der Waals surface area (Å²) in [7, 11) is 2.16. The molecule has 8 nitrogen and oxygen atoms in total. The quantitative estimate of drug-likeness (QED) is 0.290. The Bertz CT molecular complexity index is 1140. The first-order valence-corrected chi connectivity index (χ1v) is 14.9. The van der Waals surface area contributed by atoms with E-state index in [1.807, 2.05) is 0 Å². The Hall–Kier alpha value is -2.59. The van der Waals surface area contributed by atoms with Crippen molar-refractivity contribution in [2.45, 2.75) is 37.5 Å². The van der Waals surface area contributed by atoms with Gasteiger partial charge in [-0.25, -0.2) is 4.31 Å². The second-order valence-corrected chi connectivity index (χ2v) is 12.1. The monoisotopic (exact) mass is 551 g/mol. The van der Waals surface area contributed by atoms with Crippen molar-refractivity contribution in [1.29, 1.82) is 0 Å². The Labute approximate surface area is 236 Å². The molecule has 0 bridgehead atoms. The summed E-state index contributed by atoms with van der Waals surface area (Å²) in [6, 6.07) is 17.9. The zero-order chi connectivity index (χ0) is 27.0. The van der Waals surface area contributed by atoms with Gasteiger partial charge < -0.3 is 18.9 Å². The number of benzene rings is 2. The number of ether oxygens (including phenoxy) is 2. The van der Waals surface area contributed by atoms with Crippen LogP contribution in [0.1, 0.15) is 38.4 Å². The zero-order valence-electron chi connectivity index (χ0n) is 23.4. The fraction of sp³-hybridized carbons (Fsp3) is 0.533. The van der Waals surface area contributed by atoms with Crippen LogP contribution in [0.2, 0.25) is 0 Å². The highest BCUT2D eigenvalue weighted by Gasteiger charge is 2.24. The normalized spacial score (nSPS) is 17.3. The van der Waals surface area contributed by atoms with Crippen molar-refractivity contribution >= 4 is 18.0 Å². The number of hydrogen-bond donors (Lipinski definition) is 0. The molecule has 2 saturated heterocycles. The molecule has 0 spiro atoms. The van der Waals surface area contributed by atoms with E-state index < -0.39 is 0 Å². The van der Waals surface area contributed by atoms with E-state index in [0.29, 0.717) is 11.9 Å². The fourth-order valence-electron chi connectivity index (χ4n) is 4.88. The Balaban J connectivity index is 1.04. The molecule has 0 N–H and O–H groups in total. The first-order valence-electron chi connectivity index (χ1n) is 14.1. The van der Waals surface area contributed by atoms with Gasteiger partial charge >= 0.3 is 6.01 Å². The minimum Gasteiger partial charge on any atom is -0.493 e. The first kappa shape index (κ1) is 28.0. The third-order valence-electron chi connectivity index (χ3n) is 7.46. The molecule has 210 valence electrons. The van der Waals surface area contributed by atoms with Crippen LogP contribution in [-0.2, 0) is 4.74 Å². The van der Waals surface area contributed by atoms with Gasteiger partial charge in [0.25, 0.3) is 0 Å². The summed E-state index contributed by atoms with van der Waals surface area (Å²) < 4.78 is 19.4. The Morgan fingerprint density at radius 1 is 0.974 bits per heavy atom. The van der Waals surface area contributed by atoms with Gasteiger partial charge in [0, 0.05) is 50.1 Å². The summed E-state index contributed by atoms with van der Waals surface area (Å²) in [6.07, 6.45) is 2.12. The van der Waals surface area contributed by atoms with Gasteiger partial charge in [0.15, 0.2) is 5.82 Å². The molecular formula is C30H41N5O3S. The zero-order valence-corrected chi connectivity index (χ0v) is 24.2. The maximum absolute atomic E-state index is 6.15. The van der Waals surface area contributed by atoms with E-state index in [4.69, 9.17) is 14.0 Å². The molecule has 39 heavy (non-hydrogen) atoms. The molecule has 0 atom stereocenters. The van der Waals surface area contributed by atoms with E-state index in [1.54, 1.807) is 11.9 Å². The smallest absolute Gasteiger partial charge is 0.324 e. The number of nitrogens with zero attached hydrogens (tertiary/aromatic N) is 5. The van der Waals surface area contributed by atoms with Crippen molar-refractivity contribution in [1.82, 2.24) is 19.3 Å². The van der Waals surface area contributed by atoms with Crippen LogP contribution < -0.4 is 9.64 Å². The van der Waals surface area contributed by atoms with E-state index in [0.717, 1.165) is 83.5 Å². The summed E-state index contributed by atoms with van der Waals surface area (Å²) >= 11 is 1.80. The number of anilines is 1. The molecule has 2 fully saturated rings. The van der Waals surface area contributed by atoms with E-state index in [2.05, 4.69) is 93.7 Å². The van der Waals surface area contributed by atoms with Crippen LogP contribution in [-0.4, -0.2) is 85.5 Å². The lowest BCUT2D eigenvalue weighted by Crippen LogP contribution is -2.39. The van der Waals surface area contributed by atoms with Gasteiger partial charge in [0.1, 0.15) is 5.75 Å². The standard InChI is InChI=1S/C30H41N5O3S/c1-23(2)29-31-30(38-32-29)35-14-12-24(13-15-35)22-37-27-8-4-25(5-9-27)26-6-10-28(11-7-26)39-33(3)16-17-34-18-20-36-21-19-34/h4-11,23-24H,12-22H2,1-3H3. The molecule has 0 unspecified atom stereocenters. The Morgan fingerprint density at radius 2 is 1.64 bits per heavy atom. The van der Waals surface area contributed by atoms with Crippen LogP contribution in [0.5, 0.6) is 5.75 Å². The third-order valence-corrected chi connectivity index (χ3v) is 8.43. The molecule has 0 saturated carbocycles. The van der Waals surface area contributed by atoms with E-state index in [1.165, 1.54) is 16.0 Å². The van der Waals surface area contributed by atoms with Crippen LogP contribution in [0.4, 0.5) is 6.01 Å². The molecule has 9 heteroatoms. The minimum atomic E-state index is 0.279. The predicted molar refractivity (Wildman–Crippen MR) is 156 cm³/mol. The van der Waals surface area contributed by atoms with Gasteiger partial charge in [-0.3, -0.25) is 4.90 Å². The van der Waals surface area contributed by atoms with Crippen molar-refractivity contribution < 1.29 is 14.0 Å². The molecule has 3 heterocycles. The topological polar surface area (TPSA) is 67.1 Å². The molecule has 0 radical (unpaired) electrons. The maximum Gasteiger partial charge on any atom is 0.324 e. The minimum absolute atomic E-state index is 0.279. The van der Waals surface area contributed by atoms with Crippen molar-refractivity contribution in [3.63, 3.8) is 0 Å². The van der Waals surface area contributed by atoms with Gasteiger partial charge in [0.05, 0.1) is 19.8 Å². The lowest BCUT2D eigenvalue weighted by Gasteiger charge is -2.30. The van der Waals surface area contributed by atoms with Gasteiger partial charge in [-0.2, -0.15) is 4.98 Å². The number of hydrogen-bond acceptors (Lipinski definition) is 9. The second-order valence-electron chi connectivity index (χ2n) is 10.8. The molecule has 2 aliphatic rings. The summed E-state index contributed by atoms with van der Waals surface area (Å²) in [5.41, 5.74) is 2.42. The van der Waals surface area contributed by atoms with Crippen LogP contribution in [0.15, 0.2) is 57.9 Å². The maximum atomic E-state index is 6.15. The van der Waals surface area contributed by atoms with E-state index >= 15 is 0 Å². The third kappa shape index (κ3) is 7.97. The van der Waals surface area contributed by atoms with Crippen LogP contribution in [0, 0.1) is 5.92 Å². The van der Waals surface area contributed by atoms with Crippen molar-refractivity contribution in [2.24, 2.45) is 5.92 Å². The summed E-state index contributed by atoms with van der Waals surface area (Å²) in [6.45, 7) is 12.6. The van der Waals surface area contributed by atoms with Crippen molar-refractivity contribution in [3.05, 3.63) is 54.4 Å². The van der Waals surface area contributed by atoms with E-state index in [9.17, 15) is 0 Å². The predicted octanol–water partition coefficient (Wildman–Crippen LogP) is 5.43. The van der Waals surface area contributed by atoms with Gasteiger partial charge in [0.2, 0.25) is 0 Å². The lowest BCUT2D eigenvalue weighted by molar-refractivity contribution is 0.0370. The van der Waals surface area contributed by atoms with E-state index in [-0.39, 0.29) is 5.92 Å². The number of rotatable bonds is 11. The average Bonchev–Trinajstić information content (AvgIpc) is 3.48. The van der Waals surface area contributed by atoms with Crippen molar-refractivity contribution in [2.75, 3.05) is 71.0 Å². The molecule has 1 aromatic heterocycles. The molecule has 5 rings (SSSR count). The summed E-state index contributed by atoms with van der Waals surface area (Å²) in [5, 5.41) is 4.09. The van der Waals surface area contributed by atoms with Gasteiger partial charge in [-0.15, -0.1) is 0 Å². The molecule has 3 aromatic rings. The van der Waals surface area contributed by atoms with Crippen LogP contribution in [0.25, 0.3) is 11.1 Å². The lowest BCUT2D eigenvalue weighted by atomic mass is 9.98. The molecule has 0 aliphatic carbocycles. The largest absolute Gasteiger partial charge is 0.493 e. The van der Waals surface area contributed by atoms with Crippen LogP contribution >= 0.6 is 11.9 Å². The molecule has 2 aromatic carbocycles. The molecular weight excluding hydrogens is 510 g/mol. The number of aromatic nitrogens is 2. The van der Waals surface area contributed by atoms with Crippen LogP contribution in [0.3, 0.4) is 0 Å². The number of morpholine rings is 1. The number of piperidine rings is 1. The van der Waals surface area contributed by atoms with Gasteiger partial charge in [-0.05, 0) is 73.1 Å². The highest BCUT2D eigenvalue weighted by molar-refractivity contribution is 7.97. The summed E-state index contributed by atoms with van der Waals surface area (Å²) in [5.74, 6) is 2.51. The first-order chi connectivity index (χ1) is 19.0. The highest BCUT2D eigenvalue weighted by Crippen LogP contribution is 2.28. The van der Waals surface area contributed by atoms with Gasteiger partial charge in [-0.1, -0.05) is 43.3 Å². The summed E-state index contributed by atoms with van der Waals surface area (Å²) in [4.78, 5) is 10.5. The van der Waals surface area contributed by atoms with Crippen molar-refractivity contribution in [3.8, 4) is 16.9 Å². The molecule has 2 aliphatic heterocycles. The second kappa shape index (κ2) is 13.7. The Morgan fingerprint density at radius 3 is 2.28 bits per heavy atom. The fourth-order valence-corrected chi connectivity index (χ4v) is 5.67.